The number of hydrogen-bond acceptors (Lipinski definition) is 4. The molecule has 2 aromatic rings. The van der Waals surface area contributed by atoms with Crippen molar-refractivity contribution in [3.05, 3.63) is 51.5 Å². The number of nitrogens with zero attached hydrogens (tertiary/aromatic N) is 3. The second kappa shape index (κ2) is 12.0. The van der Waals surface area contributed by atoms with Crippen LogP contribution in [0.1, 0.15) is 61.9 Å². The molecule has 1 aromatic carbocycles. The molecule has 2 heterocycles. The van der Waals surface area contributed by atoms with Crippen molar-refractivity contribution in [3.8, 4) is 0 Å². The quantitative estimate of drug-likeness (QED) is 0.310. The molecular formula is C23H36IN5S. The van der Waals surface area contributed by atoms with Gasteiger partial charge in [0.25, 0.3) is 0 Å². The van der Waals surface area contributed by atoms with Crippen molar-refractivity contribution in [2.45, 2.75) is 65.1 Å². The van der Waals surface area contributed by atoms with Crippen LogP contribution in [-0.2, 0) is 25.0 Å². The molecule has 0 aliphatic carbocycles. The molecule has 1 aromatic heterocycles. The van der Waals surface area contributed by atoms with E-state index >= 15 is 0 Å². The van der Waals surface area contributed by atoms with E-state index in [1.54, 1.807) is 18.4 Å². The Hall–Kier alpha value is -1.19. The first-order valence-corrected chi connectivity index (χ1v) is 11.5. The van der Waals surface area contributed by atoms with Gasteiger partial charge in [-0.15, -0.1) is 35.3 Å². The molecule has 1 fully saturated rings. The van der Waals surface area contributed by atoms with Crippen LogP contribution in [0.15, 0.2) is 34.6 Å². The first-order chi connectivity index (χ1) is 13.9. The number of thiazole rings is 1. The van der Waals surface area contributed by atoms with Crippen molar-refractivity contribution in [1.82, 2.24) is 20.5 Å². The van der Waals surface area contributed by atoms with Gasteiger partial charge in [-0.3, -0.25) is 9.89 Å². The molecule has 1 saturated heterocycles. The van der Waals surface area contributed by atoms with E-state index in [1.807, 2.05) is 0 Å². The highest BCUT2D eigenvalue weighted by Gasteiger charge is 2.17. The average molecular weight is 542 g/mol. The molecule has 2 N–H and O–H groups in total. The number of likely N-dealkylation sites (tertiary alicyclic amines) is 1. The predicted molar refractivity (Wildman–Crippen MR) is 139 cm³/mol. The predicted octanol–water partition coefficient (Wildman–Crippen LogP) is 4.91. The van der Waals surface area contributed by atoms with E-state index in [0.29, 0.717) is 6.54 Å². The van der Waals surface area contributed by atoms with Gasteiger partial charge in [0.05, 0.1) is 12.2 Å². The van der Waals surface area contributed by atoms with E-state index in [1.165, 1.54) is 43.5 Å². The van der Waals surface area contributed by atoms with Crippen LogP contribution in [0.4, 0.5) is 0 Å². The van der Waals surface area contributed by atoms with Crippen LogP contribution >= 0.6 is 35.3 Å². The second-order valence-electron chi connectivity index (χ2n) is 8.81. The molecule has 0 bridgehead atoms. The fraction of sp³-hybridized carbons (Fsp3) is 0.565. The Balaban J connectivity index is 0.00000320. The van der Waals surface area contributed by atoms with E-state index in [4.69, 9.17) is 4.98 Å². The summed E-state index contributed by atoms with van der Waals surface area (Å²) in [5.74, 6) is 0.801. The number of nitrogens with one attached hydrogen (secondary N) is 2. The number of guanidine groups is 1. The van der Waals surface area contributed by atoms with Crippen molar-refractivity contribution < 1.29 is 0 Å². The third-order valence-corrected chi connectivity index (χ3v) is 6.14. The number of halogens is 1. The van der Waals surface area contributed by atoms with Crippen LogP contribution in [0.3, 0.4) is 0 Å². The molecule has 0 saturated carbocycles. The Morgan fingerprint density at radius 1 is 1.03 bits per heavy atom. The third kappa shape index (κ3) is 7.81. The first-order valence-electron chi connectivity index (χ1n) is 10.6. The van der Waals surface area contributed by atoms with Gasteiger partial charge in [-0.05, 0) is 37.1 Å². The smallest absolute Gasteiger partial charge is 0.191 e. The topological polar surface area (TPSA) is 52.6 Å². The third-order valence-electron chi connectivity index (χ3n) is 5.29. The number of hydrogen-bond donors (Lipinski definition) is 2. The molecule has 5 nitrogen and oxygen atoms in total. The molecule has 0 radical (unpaired) electrons. The largest absolute Gasteiger partial charge is 0.352 e. The molecular weight excluding hydrogens is 505 g/mol. The van der Waals surface area contributed by atoms with Gasteiger partial charge in [0.15, 0.2) is 5.96 Å². The number of aromatic nitrogens is 1. The summed E-state index contributed by atoms with van der Waals surface area (Å²) in [5.41, 5.74) is 3.90. The molecule has 3 rings (SSSR count). The minimum atomic E-state index is 0. The van der Waals surface area contributed by atoms with Gasteiger partial charge in [-0.1, -0.05) is 51.5 Å². The van der Waals surface area contributed by atoms with E-state index in [2.05, 4.69) is 70.9 Å². The Labute approximate surface area is 202 Å². The van der Waals surface area contributed by atoms with Crippen molar-refractivity contribution in [2.24, 2.45) is 4.99 Å². The van der Waals surface area contributed by atoms with Crippen molar-refractivity contribution >= 4 is 41.3 Å². The Kier molecular flexibility index (Phi) is 10.0. The summed E-state index contributed by atoms with van der Waals surface area (Å²) in [4.78, 5) is 11.6. The summed E-state index contributed by atoms with van der Waals surface area (Å²) >= 11 is 1.70. The standard InChI is InChI=1S/C23H35N5S.HI/c1-23(2,3)20-17-29-21(27-20)15-26-22(24-4)25-14-18-8-10-19(11-9-18)16-28-12-6-5-7-13-28;/h8-11,17H,5-7,12-16H2,1-4H3,(H2,24,25,26);1H. The lowest BCUT2D eigenvalue weighted by Gasteiger charge is -2.26. The summed E-state index contributed by atoms with van der Waals surface area (Å²) in [6.45, 7) is 11.6. The van der Waals surface area contributed by atoms with E-state index in [9.17, 15) is 0 Å². The molecule has 0 atom stereocenters. The summed E-state index contributed by atoms with van der Waals surface area (Å²) in [6, 6.07) is 8.95. The van der Waals surface area contributed by atoms with Gasteiger partial charge in [0.2, 0.25) is 0 Å². The molecule has 0 unspecified atom stereocenters. The van der Waals surface area contributed by atoms with Crippen LogP contribution in [0, 0.1) is 0 Å². The maximum atomic E-state index is 4.73. The van der Waals surface area contributed by atoms with Crippen LogP contribution in [-0.4, -0.2) is 36.0 Å². The number of rotatable bonds is 6. The minimum absolute atomic E-state index is 0. The van der Waals surface area contributed by atoms with E-state index in [-0.39, 0.29) is 29.4 Å². The van der Waals surface area contributed by atoms with Crippen LogP contribution in [0.25, 0.3) is 0 Å². The molecule has 0 spiro atoms. The zero-order valence-electron chi connectivity index (χ0n) is 18.7. The van der Waals surface area contributed by atoms with Gasteiger partial charge in [-0.2, -0.15) is 0 Å². The highest BCUT2D eigenvalue weighted by molar-refractivity contribution is 14.0. The SMILES string of the molecule is CN=C(NCc1ccc(CN2CCCCC2)cc1)NCc1nc(C(C)(C)C)cs1.I. The van der Waals surface area contributed by atoms with E-state index in [0.717, 1.165) is 29.8 Å². The van der Waals surface area contributed by atoms with Gasteiger partial charge in [-0.25, -0.2) is 4.98 Å². The van der Waals surface area contributed by atoms with Gasteiger partial charge < -0.3 is 10.6 Å². The Morgan fingerprint density at radius 3 is 2.27 bits per heavy atom. The summed E-state index contributed by atoms with van der Waals surface area (Å²) in [6.07, 6.45) is 4.07. The number of aliphatic imine (C=N–C) groups is 1. The first kappa shape index (κ1) is 25.1. The highest BCUT2D eigenvalue weighted by Crippen LogP contribution is 2.23. The maximum Gasteiger partial charge on any atom is 0.191 e. The fourth-order valence-electron chi connectivity index (χ4n) is 3.44. The van der Waals surface area contributed by atoms with Crippen molar-refractivity contribution in [2.75, 3.05) is 20.1 Å². The minimum Gasteiger partial charge on any atom is -0.352 e. The lowest BCUT2D eigenvalue weighted by Crippen LogP contribution is -2.36. The van der Waals surface area contributed by atoms with Crippen LogP contribution in [0.2, 0.25) is 0 Å². The summed E-state index contributed by atoms with van der Waals surface area (Å²) in [7, 11) is 1.81. The Morgan fingerprint density at radius 2 is 1.67 bits per heavy atom. The van der Waals surface area contributed by atoms with Gasteiger partial charge in [0, 0.05) is 30.9 Å². The summed E-state index contributed by atoms with van der Waals surface area (Å²) < 4.78 is 0. The molecule has 1 aliphatic heterocycles. The fourth-order valence-corrected chi connectivity index (χ4v) is 4.40. The molecule has 166 valence electrons. The lowest BCUT2D eigenvalue weighted by atomic mass is 9.93. The molecule has 7 heteroatoms. The van der Waals surface area contributed by atoms with Crippen LogP contribution < -0.4 is 10.6 Å². The van der Waals surface area contributed by atoms with Crippen molar-refractivity contribution in [1.29, 1.82) is 0 Å². The van der Waals surface area contributed by atoms with Gasteiger partial charge in [0.1, 0.15) is 5.01 Å². The van der Waals surface area contributed by atoms with Crippen LogP contribution in [0.5, 0.6) is 0 Å². The maximum absolute atomic E-state index is 4.73. The molecule has 30 heavy (non-hydrogen) atoms. The molecule has 1 aliphatic rings. The van der Waals surface area contributed by atoms with Gasteiger partial charge >= 0.3 is 0 Å². The normalized spacial score (nSPS) is 15.5. The lowest BCUT2D eigenvalue weighted by molar-refractivity contribution is 0.221. The monoisotopic (exact) mass is 541 g/mol. The zero-order chi connectivity index (χ0) is 20.7. The van der Waals surface area contributed by atoms with E-state index < -0.39 is 0 Å². The van der Waals surface area contributed by atoms with Crippen molar-refractivity contribution in [3.63, 3.8) is 0 Å². The summed E-state index contributed by atoms with van der Waals surface area (Å²) in [5, 5.41) is 10.0. The highest BCUT2D eigenvalue weighted by atomic mass is 127. The number of piperidine rings is 1. The molecule has 0 amide bonds. The average Bonchev–Trinajstić information content (AvgIpc) is 3.20. The number of benzene rings is 1. The second-order valence-corrected chi connectivity index (χ2v) is 9.75. The zero-order valence-corrected chi connectivity index (χ0v) is 21.8. The Bertz CT molecular complexity index is 789.